The molecule has 2 nitrogen and oxygen atoms in total. The van der Waals surface area contributed by atoms with Gasteiger partial charge >= 0.3 is 0 Å². The molecule has 0 aliphatic carbocycles. The molecule has 1 N–H and O–H groups in total. The molecule has 4 heteroatoms. The molecule has 0 aromatic heterocycles. The molecular formula is C13H17Br2NO. The number of halogens is 2. The van der Waals surface area contributed by atoms with E-state index < -0.39 is 0 Å². The molecule has 0 spiro atoms. The first-order valence-corrected chi connectivity index (χ1v) is 7.50. The van der Waals surface area contributed by atoms with Crippen LogP contribution in [-0.2, 0) is 0 Å². The van der Waals surface area contributed by atoms with Crippen molar-refractivity contribution in [3.05, 3.63) is 33.8 Å². The minimum absolute atomic E-state index is 0.0242. The molecule has 0 saturated heterocycles. The molecule has 1 aromatic rings. The number of hydrogen-bond donors (Lipinski definition) is 1. The molecule has 0 heterocycles. The maximum atomic E-state index is 12.0. The maximum absolute atomic E-state index is 12.0. The van der Waals surface area contributed by atoms with Crippen LogP contribution < -0.4 is 5.32 Å². The zero-order valence-electron chi connectivity index (χ0n) is 10.3. The van der Waals surface area contributed by atoms with Crippen LogP contribution in [0.4, 0.5) is 0 Å². The van der Waals surface area contributed by atoms with E-state index in [9.17, 15) is 4.79 Å². The minimum atomic E-state index is -0.0242. The van der Waals surface area contributed by atoms with E-state index in [0.717, 1.165) is 15.4 Å². The lowest BCUT2D eigenvalue weighted by Gasteiger charge is -2.20. The zero-order valence-corrected chi connectivity index (χ0v) is 13.4. The Morgan fingerprint density at radius 2 is 2.06 bits per heavy atom. The van der Waals surface area contributed by atoms with Crippen molar-refractivity contribution in [2.75, 3.05) is 5.33 Å². The van der Waals surface area contributed by atoms with E-state index in [2.05, 4.69) is 51.0 Å². The molecule has 1 atom stereocenters. The largest absolute Gasteiger partial charge is 0.348 e. The number of amides is 1. The van der Waals surface area contributed by atoms with E-state index >= 15 is 0 Å². The predicted octanol–water partition coefficient (Wildman–Crippen LogP) is 3.91. The topological polar surface area (TPSA) is 29.1 Å². The summed E-state index contributed by atoms with van der Waals surface area (Å²) in [5.74, 6) is 0.385. The van der Waals surface area contributed by atoms with Gasteiger partial charge in [-0.15, -0.1) is 0 Å². The highest BCUT2D eigenvalue weighted by atomic mass is 79.9. The van der Waals surface area contributed by atoms with Crippen molar-refractivity contribution in [3.63, 3.8) is 0 Å². The second kappa shape index (κ2) is 6.55. The summed E-state index contributed by atoms with van der Waals surface area (Å²) in [6, 6.07) is 5.80. The van der Waals surface area contributed by atoms with Gasteiger partial charge in [-0.3, -0.25) is 4.79 Å². The van der Waals surface area contributed by atoms with Crippen molar-refractivity contribution in [2.24, 2.45) is 5.92 Å². The predicted molar refractivity (Wildman–Crippen MR) is 78.8 cm³/mol. The Bertz CT molecular complexity index is 404. The summed E-state index contributed by atoms with van der Waals surface area (Å²) in [4.78, 5) is 12.0. The molecule has 0 aliphatic rings. The number of benzene rings is 1. The molecule has 0 bridgehead atoms. The molecule has 1 unspecified atom stereocenters. The third kappa shape index (κ3) is 4.11. The van der Waals surface area contributed by atoms with Crippen molar-refractivity contribution >= 4 is 37.8 Å². The number of alkyl halides is 1. The van der Waals surface area contributed by atoms with Gasteiger partial charge in [0.1, 0.15) is 0 Å². The van der Waals surface area contributed by atoms with Crippen LogP contribution in [0.1, 0.15) is 29.8 Å². The fraction of sp³-hybridized carbons (Fsp3) is 0.462. The third-order valence-electron chi connectivity index (χ3n) is 2.72. The Morgan fingerprint density at radius 3 is 2.53 bits per heavy atom. The van der Waals surface area contributed by atoms with Crippen LogP contribution in [0.25, 0.3) is 0 Å². The van der Waals surface area contributed by atoms with Gasteiger partial charge in [-0.25, -0.2) is 0 Å². The van der Waals surface area contributed by atoms with Gasteiger partial charge in [0.2, 0.25) is 0 Å². The van der Waals surface area contributed by atoms with Crippen LogP contribution in [0.5, 0.6) is 0 Å². The van der Waals surface area contributed by atoms with Gasteiger partial charge < -0.3 is 5.32 Å². The lowest BCUT2D eigenvalue weighted by molar-refractivity contribution is 0.0931. The summed E-state index contributed by atoms with van der Waals surface area (Å²) in [5, 5.41) is 3.79. The normalized spacial score (nSPS) is 12.6. The van der Waals surface area contributed by atoms with E-state index in [4.69, 9.17) is 0 Å². The van der Waals surface area contributed by atoms with Crippen molar-refractivity contribution < 1.29 is 4.79 Å². The summed E-state index contributed by atoms with van der Waals surface area (Å²) in [5.41, 5.74) is 1.82. The third-order valence-corrected chi connectivity index (χ3v) is 4.27. The molecule has 0 aliphatic heterocycles. The van der Waals surface area contributed by atoms with Gasteiger partial charge in [-0.2, -0.15) is 0 Å². The van der Waals surface area contributed by atoms with Crippen LogP contribution in [0.15, 0.2) is 22.7 Å². The lowest BCUT2D eigenvalue weighted by Crippen LogP contribution is -2.39. The van der Waals surface area contributed by atoms with Gasteiger partial charge in [-0.05, 0) is 30.5 Å². The standard InChI is InChI=1S/C13H17Br2NO/c1-8(2)12(7-14)16-13(17)10-5-4-9(3)11(15)6-10/h4-6,8,12H,7H2,1-3H3,(H,16,17). The van der Waals surface area contributed by atoms with Crippen LogP contribution in [-0.4, -0.2) is 17.3 Å². The number of rotatable bonds is 4. The Labute approximate surface area is 119 Å². The first-order valence-electron chi connectivity index (χ1n) is 5.58. The molecule has 0 saturated carbocycles. The van der Waals surface area contributed by atoms with Crippen molar-refractivity contribution in [1.29, 1.82) is 0 Å². The Morgan fingerprint density at radius 1 is 1.41 bits per heavy atom. The van der Waals surface area contributed by atoms with E-state index in [1.54, 1.807) is 0 Å². The molecule has 17 heavy (non-hydrogen) atoms. The molecule has 0 radical (unpaired) electrons. The van der Waals surface area contributed by atoms with Crippen molar-refractivity contribution in [3.8, 4) is 0 Å². The molecule has 1 amide bonds. The minimum Gasteiger partial charge on any atom is -0.348 e. The molecule has 1 rings (SSSR count). The molecule has 0 fully saturated rings. The SMILES string of the molecule is Cc1ccc(C(=O)NC(CBr)C(C)C)cc1Br. The van der Waals surface area contributed by atoms with Crippen LogP contribution in [0, 0.1) is 12.8 Å². The van der Waals surface area contributed by atoms with Gasteiger partial charge in [-0.1, -0.05) is 51.8 Å². The first kappa shape index (κ1) is 14.7. The lowest BCUT2D eigenvalue weighted by atomic mass is 10.1. The first-order chi connectivity index (χ1) is 7.95. The smallest absolute Gasteiger partial charge is 0.251 e. The van der Waals surface area contributed by atoms with Gasteiger partial charge in [0.15, 0.2) is 0 Å². The summed E-state index contributed by atoms with van der Waals surface area (Å²) < 4.78 is 0.963. The van der Waals surface area contributed by atoms with Crippen molar-refractivity contribution in [1.82, 2.24) is 5.32 Å². The summed E-state index contributed by atoms with van der Waals surface area (Å²) >= 11 is 6.86. The summed E-state index contributed by atoms with van der Waals surface area (Å²) in [7, 11) is 0. The maximum Gasteiger partial charge on any atom is 0.251 e. The highest BCUT2D eigenvalue weighted by Crippen LogP contribution is 2.17. The number of carbonyl (C=O) groups excluding carboxylic acids is 1. The fourth-order valence-corrected chi connectivity index (χ4v) is 2.66. The number of nitrogens with one attached hydrogen (secondary N) is 1. The number of hydrogen-bond acceptors (Lipinski definition) is 1. The van der Waals surface area contributed by atoms with Crippen molar-refractivity contribution in [2.45, 2.75) is 26.8 Å². The fourth-order valence-electron chi connectivity index (χ4n) is 1.37. The number of carbonyl (C=O) groups is 1. The van der Waals surface area contributed by atoms with E-state index in [-0.39, 0.29) is 11.9 Å². The van der Waals surface area contributed by atoms with Crippen LogP contribution >= 0.6 is 31.9 Å². The van der Waals surface area contributed by atoms with E-state index in [1.165, 1.54) is 0 Å². The highest BCUT2D eigenvalue weighted by Gasteiger charge is 2.16. The second-order valence-electron chi connectivity index (χ2n) is 4.44. The van der Waals surface area contributed by atoms with Crippen LogP contribution in [0.3, 0.4) is 0 Å². The molecule has 94 valence electrons. The molecular weight excluding hydrogens is 346 g/mol. The Balaban J connectivity index is 2.79. The average molecular weight is 363 g/mol. The monoisotopic (exact) mass is 361 g/mol. The number of aryl methyl sites for hydroxylation is 1. The van der Waals surface area contributed by atoms with Gasteiger partial charge in [0.05, 0.1) is 0 Å². The van der Waals surface area contributed by atoms with E-state index in [1.807, 2.05) is 25.1 Å². The summed E-state index contributed by atoms with van der Waals surface area (Å²) in [6.07, 6.45) is 0. The molecule has 1 aromatic carbocycles. The zero-order chi connectivity index (χ0) is 13.0. The Hall–Kier alpha value is -0.350. The van der Waals surface area contributed by atoms with Crippen LogP contribution in [0.2, 0.25) is 0 Å². The van der Waals surface area contributed by atoms with Gasteiger partial charge in [0.25, 0.3) is 5.91 Å². The highest BCUT2D eigenvalue weighted by molar-refractivity contribution is 9.10. The quantitative estimate of drug-likeness (QED) is 0.808. The summed E-state index contributed by atoms with van der Waals surface area (Å²) in [6.45, 7) is 6.19. The average Bonchev–Trinajstić information content (AvgIpc) is 2.28. The Kier molecular flexibility index (Phi) is 5.67. The van der Waals surface area contributed by atoms with E-state index in [0.29, 0.717) is 11.5 Å². The van der Waals surface area contributed by atoms with Gasteiger partial charge in [0, 0.05) is 21.4 Å². The second-order valence-corrected chi connectivity index (χ2v) is 5.94.